The molecule has 4 nitrogen and oxygen atoms in total. The SMILES string of the molecule is COc1ccc(N(C)C2=C(Cl)C(=O)C(Cl)=C(Cl)C2=O)cc1. The Morgan fingerprint density at radius 3 is 1.95 bits per heavy atom. The first kappa shape index (κ1) is 15.9. The minimum Gasteiger partial charge on any atom is -0.497 e. The molecular weight excluding hydrogens is 337 g/mol. The molecule has 1 aliphatic rings. The zero-order chi connectivity index (χ0) is 15.7. The molecule has 0 amide bonds. The molecule has 0 fully saturated rings. The Labute approximate surface area is 136 Å². The normalized spacial score (nSPS) is 15.7. The van der Waals surface area contributed by atoms with Crippen LogP contribution in [0.1, 0.15) is 0 Å². The van der Waals surface area contributed by atoms with E-state index in [1.165, 1.54) is 4.90 Å². The standard InChI is InChI=1S/C14H10Cl3NO3/c1-18(7-3-5-8(21-2)6-4-7)12-11(17)13(19)9(15)10(16)14(12)20/h3-6H,1-2H3. The van der Waals surface area contributed by atoms with Crippen molar-refractivity contribution >= 4 is 52.1 Å². The van der Waals surface area contributed by atoms with Gasteiger partial charge < -0.3 is 9.64 Å². The Hall–Kier alpha value is -1.49. The number of hydrogen-bond donors (Lipinski definition) is 0. The smallest absolute Gasteiger partial charge is 0.224 e. The number of carbonyl (C=O) groups is 2. The van der Waals surface area contributed by atoms with Crippen LogP contribution < -0.4 is 9.64 Å². The van der Waals surface area contributed by atoms with E-state index < -0.39 is 11.6 Å². The number of Topliss-reactive ketones (excluding diaryl/α,β-unsaturated/α-hetero) is 2. The van der Waals surface area contributed by atoms with Crippen molar-refractivity contribution in [2.75, 3.05) is 19.1 Å². The molecule has 0 N–H and O–H groups in total. The Morgan fingerprint density at radius 1 is 0.905 bits per heavy atom. The number of anilines is 1. The molecule has 2 rings (SSSR count). The first-order valence-corrected chi connectivity index (χ1v) is 6.94. The zero-order valence-corrected chi connectivity index (χ0v) is 13.4. The third-order valence-corrected chi connectivity index (χ3v) is 4.18. The van der Waals surface area contributed by atoms with Crippen molar-refractivity contribution in [3.05, 3.63) is 45.1 Å². The van der Waals surface area contributed by atoms with E-state index in [1.807, 2.05) is 0 Å². The molecule has 1 aliphatic carbocycles. The number of carbonyl (C=O) groups excluding carboxylic acids is 2. The Balaban J connectivity index is 2.44. The number of benzene rings is 1. The lowest BCUT2D eigenvalue weighted by molar-refractivity contribution is -0.115. The van der Waals surface area contributed by atoms with Crippen molar-refractivity contribution in [2.24, 2.45) is 0 Å². The quantitative estimate of drug-likeness (QED) is 0.787. The average Bonchev–Trinajstić information content (AvgIpc) is 2.51. The maximum atomic E-state index is 12.2. The third-order valence-electron chi connectivity index (χ3n) is 3.01. The van der Waals surface area contributed by atoms with Crippen LogP contribution >= 0.6 is 34.8 Å². The summed E-state index contributed by atoms with van der Waals surface area (Å²) >= 11 is 17.4. The molecule has 7 heteroatoms. The van der Waals surface area contributed by atoms with Gasteiger partial charge in [0.1, 0.15) is 26.5 Å². The number of nitrogens with zero attached hydrogens (tertiary/aromatic N) is 1. The van der Waals surface area contributed by atoms with Crippen molar-refractivity contribution < 1.29 is 14.3 Å². The van der Waals surface area contributed by atoms with Crippen LogP contribution in [0.4, 0.5) is 5.69 Å². The molecule has 110 valence electrons. The van der Waals surface area contributed by atoms with Crippen LogP contribution in [0.15, 0.2) is 45.1 Å². The van der Waals surface area contributed by atoms with Gasteiger partial charge in [0.15, 0.2) is 0 Å². The van der Waals surface area contributed by atoms with Gasteiger partial charge in [0.2, 0.25) is 11.6 Å². The van der Waals surface area contributed by atoms with Gasteiger partial charge in [-0.15, -0.1) is 0 Å². The van der Waals surface area contributed by atoms with Gasteiger partial charge in [-0.25, -0.2) is 0 Å². The van der Waals surface area contributed by atoms with Gasteiger partial charge in [-0.05, 0) is 24.3 Å². The summed E-state index contributed by atoms with van der Waals surface area (Å²) in [7, 11) is 3.15. The number of methoxy groups -OCH3 is 1. The van der Waals surface area contributed by atoms with E-state index in [4.69, 9.17) is 39.5 Å². The fraction of sp³-hybridized carbons (Fsp3) is 0.143. The molecule has 0 aliphatic heterocycles. The maximum Gasteiger partial charge on any atom is 0.224 e. The van der Waals surface area contributed by atoms with Crippen molar-refractivity contribution in [2.45, 2.75) is 0 Å². The number of allylic oxidation sites excluding steroid dienone is 3. The maximum absolute atomic E-state index is 12.2. The summed E-state index contributed by atoms with van der Waals surface area (Å²) in [5.74, 6) is -0.595. The van der Waals surface area contributed by atoms with Gasteiger partial charge in [-0.2, -0.15) is 0 Å². The second-order valence-electron chi connectivity index (χ2n) is 4.21. The van der Waals surface area contributed by atoms with Crippen molar-refractivity contribution in [1.29, 1.82) is 0 Å². The van der Waals surface area contributed by atoms with Crippen LogP contribution in [-0.4, -0.2) is 25.7 Å². The molecule has 1 aromatic carbocycles. The fourth-order valence-corrected chi connectivity index (χ4v) is 2.55. The highest BCUT2D eigenvalue weighted by Gasteiger charge is 2.34. The summed E-state index contributed by atoms with van der Waals surface area (Å²) in [6.07, 6.45) is 0. The molecule has 0 saturated carbocycles. The predicted octanol–water partition coefficient (Wildman–Crippen LogP) is 3.42. The van der Waals surface area contributed by atoms with E-state index in [0.29, 0.717) is 11.4 Å². The van der Waals surface area contributed by atoms with Crippen LogP contribution in [0.2, 0.25) is 0 Å². The topological polar surface area (TPSA) is 46.6 Å². The highest BCUT2D eigenvalue weighted by atomic mass is 35.5. The molecular formula is C14H10Cl3NO3. The fourth-order valence-electron chi connectivity index (χ4n) is 1.84. The van der Waals surface area contributed by atoms with Crippen LogP contribution in [0.5, 0.6) is 5.75 Å². The van der Waals surface area contributed by atoms with Crippen molar-refractivity contribution in [1.82, 2.24) is 0 Å². The van der Waals surface area contributed by atoms with Gasteiger partial charge in [0.25, 0.3) is 0 Å². The Kier molecular flexibility index (Phi) is 4.61. The molecule has 0 radical (unpaired) electrons. The lowest BCUT2D eigenvalue weighted by Gasteiger charge is -2.25. The van der Waals surface area contributed by atoms with E-state index in [0.717, 1.165) is 0 Å². The monoisotopic (exact) mass is 345 g/mol. The number of likely N-dealkylation sites (N-methyl/N-ethyl adjacent to an activating group) is 1. The lowest BCUT2D eigenvalue weighted by Crippen LogP contribution is -2.29. The van der Waals surface area contributed by atoms with E-state index in [2.05, 4.69) is 0 Å². The van der Waals surface area contributed by atoms with Gasteiger partial charge in [0.05, 0.1) is 7.11 Å². The summed E-state index contributed by atoms with van der Waals surface area (Å²) in [5, 5.41) is -0.951. The van der Waals surface area contributed by atoms with Gasteiger partial charge >= 0.3 is 0 Å². The predicted molar refractivity (Wildman–Crippen MR) is 83.0 cm³/mol. The summed E-state index contributed by atoms with van der Waals surface area (Å²) < 4.78 is 5.06. The molecule has 21 heavy (non-hydrogen) atoms. The second kappa shape index (κ2) is 6.10. The Bertz CT molecular complexity index is 677. The molecule has 0 aromatic heterocycles. The molecule has 0 atom stereocenters. The highest BCUT2D eigenvalue weighted by Crippen LogP contribution is 2.34. The average molecular weight is 347 g/mol. The molecule has 0 bridgehead atoms. The summed E-state index contributed by atoms with van der Waals surface area (Å²) in [4.78, 5) is 25.5. The third kappa shape index (κ3) is 2.79. The molecule has 0 unspecified atom stereocenters. The lowest BCUT2D eigenvalue weighted by atomic mass is 10.1. The van der Waals surface area contributed by atoms with E-state index in [1.54, 1.807) is 38.4 Å². The van der Waals surface area contributed by atoms with Crippen molar-refractivity contribution in [3.63, 3.8) is 0 Å². The van der Waals surface area contributed by atoms with E-state index >= 15 is 0 Å². The summed E-state index contributed by atoms with van der Waals surface area (Å²) in [6, 6.07) is 6.89. The van der Waals surface area contributed by atoms with Crippen LogP contribution in [0.25, 0.3) is 0 Å². The number of rotatable bonds is 3. The van der Waals surface area contributed by atoms with Crippen LogP contribution in [0, 0.1) is 0 Å². The first-order chi connectivity index (χ1) is 9.88. The molecule has 0 spiro atoms. The minimum atomic E-state index is -0.668. The summed E-state index contributed by atoms with van der Waals surface area (Å²) in [5.41, 5.74) is 0.633. The number of halogens is 3. The zero-order valence-electron chi connectivity index (χ0n) is 11.1. The number of ether oxygens (including phenoxy) is 1. The second-order valence-corrected chi connectivity index (χ2v) is 5.34. The van der Waals surface area contributed by atoms with Crippen LogP contribution in [0.3, 0.4) is 0 Å². The highest BCUT2D eigenvalue weighted by molar-refractivity contribution is 6.64. The molecule has 1 aromatic rings. The largest absolute Gasteiger partial charge is 0.497 e. The first-order valence-electron chi connectivity index (χ1n) is 5.80. The molecule has 0 saturated heterocycles. The van der Waals surface area contributed by atoms with Gasteiger partial charge in [-0.3, -0.25) is 9.59 Å². The molecule has 0 heterocycles. The summed E-state index contributed by atoms with van der Waals surface area (Å²) in [6.45, 7) is 0. The van der Waals surface area contributed by atoms with E-state index in [-0.39, 0.29) is 20.8 Å². The number of hydrogen-bond acceptors (Lipinski definition) is 4. The van der Waals surface area contributed by atoms with Crippen molar-refractivity contribution in [3.8, 4) is 5.75 Å². The Morgan fingerprint density at radius 2 is 1.43 bits per heavy atom. The van der Waals surface area contributed by atoms with E-state index in [9.17, 15) is 9.59 Å². The number of ketones is 2. The minimum absolute atomic E-state index is 0.0127. The van der Waals surface area contributed by atoms with Crippen LogP contribution in [-0.2, 0) is 9.59 Å². The van der Waals surface area contributed by atoms with Gasteiger partial charge in [-0.1, -0.05) is 34.8 Å². The van der Waals surface area contributed by atoms with Gasteiger partial charge in [0, 0.05) is 12.7 Å².